The van der Waals surface area contributed by atoms with E-state index >= 15 is 0 Å². The van der Waals surface area contributed by atoms with Gasteiger partial charge in [0, 0.05) is 32.1 Å². The third-order valence-corrected chi connectivity index (χ3v) is 3.27. The average Bonchev–Trinajstić information content (AvgIpc) is 2.91. The monoisotopic (exact) mass is 422 g/mol. The van der Waals surface area contributed by atoms with E-state index in [1.54, 1.807) is 6.33 Å². The van der Waals surface area contributed by atoms with Crippen molar-refractivity contribution in [1.29, 1.82) is 0 Å². The quantitative estimate of drug-likeness (QED) is 0.384. The van der Waals surface area contributed by atoms with Gasteiger partial charge in [0.2, 0.25) is 0 Å². The molecule has 128 valence electrons. The Kier molecular flexibility index (Phi) is 11.2. The van der Waals surface area contributed by atoms with Gasteiger partial charge in [0.05, 0.1) is 0 Å². The number of guanidine groups is 1. The second kappa shape index (κ2) is 11.7. The van der Waals surface area contributed by atoms with Crippen LogP contribution >= 0.6 is 24.0 Å². The van der Waals surface area contributed by atoms with E-state index in [9.17, 15) is 0 Å². The molecule has 7 heteroatoms. The van der Waals surface area contributed by atoms with Crippen LogP contribution < -0.4 is 10.6 Å². The molecule has 1 rings (SSSR count). The molecule has 0 aliphatic carbocycles. The number of aryl methyl sites for hydroxylation is 1. The Labute approximate surface area is 151 Å². The van der Waals surface area contributed by atoms with Crippen molar-refractivity contribution in [2.75, 3.05) is 13.1 Å². The first-order valence-electron chi connectivity index (χ1n) is 7.98. The Morgan fingerprint density at radius 1 is 1.32 bits per heavy atom. The smallest absolute Gasteiger partial charge is 0.191 e. The molecular formula is C15H31IN6. The zero-order valence-corrected chi connectivity index (χ0v) is 16.8. The zero-order chi connectivity index (χ0) is 15.7. The van der Waals surface area contributed by atoms with Gasteiger partial charge in [-0.3, -0.25) is 4.99 Å². The Bertz CT molecular complexity index is 429. The van der Waals surface area contributed by atoms with E-state index in [2.05, 4.69) is 65.0 Å². The van der Waals surface area contributed by atoms with E-state index in [1.807, 2.05) is 0 Å². The van der Waals surface area contributed by atoms with E-state index < -0.39 is 0 Å². The second-order valence-electron chi connectivity index (χ2n) is 5.76. The van der Waals surface area contributed by atoms with E-state index in [0.717, 1.165) is 44.3 Å². The first kappa shape index (κ1) is 21.1. The van der Waals surface area contributed by atoms with Crippen molar-refractivity contribution < 1.29 is 0 Å². The summed E-state index contributed by atoms with van der Waals surface area (Å²) in [6.45, 7) is 13.3. The summed E-state index contributed by atoms with van der Waals surface area (Å²) in [7, 11) is 0. The molecule has 1 aromatic heterocycles. The van der Waals surface area contributed by atoms with Crippen LogP contribution in [0.2, 0.25) is 0 Å². The molecule has 0 radical (unpaired) electrons. The Hall–Kier alpha value is -0.860. The molecule has 0 spiro atoms. The lowest BCUT2D eigenvalue weighted by Gasteiger charge is -2.17. The van der Waals surface area contributed by atoms with Crippen LogP contribution in [0.25, 0.3) is 0 Å². The molecule has 1 atom stereocenters. The number of aromatic nitrogens is 3. The Morgan fingerprint density at radius 2 is 2.05 bits per heavy atom. The number of nitrogens with zero attached hydrogens (tertiary/aromatic N) is 4. The lowest BCUT2D eigenvalue weighted by molar-refractivity contribution is 0.591. The fourth-order valence-electron chi connectivity index (χ4n) is 1.80. The molecule has 0 saturated carbocycles. The number of nitrogens with one attached hydrogen (secondary N) is 2. The van der Waals surface area contributed by atoms with Crippen LogP contribution in [0.4, 0.5) is 0 Å². The van der Waals surface area contributed by atoms with Crippen molar-refractivity contribution >= 4 is 29.9 Å². The molecule has 0 saturated heterocycles. The maximum Gasteiger partial charge on any atom is 0.191 e. The molecule has 0 fully saturated rings. The van der Waals surface area contributed by atoms with Crippen LogP contribution in [0.15, 0.2) is 11.3 Å². The summed E-state index contributed by atoms with van der Waals surface area (Å²) in [6, 6.07) is 0.421. The second-order valence-corrected chi connectivity index (χ2v) is 5.76. The first-order chi connectivity index (χ1) is 10.1. The maximum atomic E-state index is 4.63. The van der Waals surface area contributed by atoms with Gasteiger partial charge >= 0.3 is 0 Å². The molecular weight excluding hydrogens is 391 g/mol. The molecule has 1 unspecified atom stereocenters. The summed E-state index contributed by atoms with van der Waals surface area (Å²) in [5, 5.41) is 14.9. The largest absolute Gasteiger partial charge is 0.355 e. The van der Waals surface area contributed by atoms with E-state index in [0.29, 0.717) is 12.0 Å². The van der Waals surface area contributed by atoms with E-state index in [4.69, 9.17) is 0 Å². The number of aliphatic imine (C=N–C) groups is 1. The molecule has 1 heterocycles. The fraction of sp³-hybridized carbons (Fsp3) is 0.800. The van der Waals surface area contributed by atoms with Gasteiger partial charge in [-0.25, -0.2) is 0 Å². The summed E-state index contributed by atoms with van der Waals surface area (Å²) >= 11 is 0. The molecule has 0 aliphatic heterocycles. The van der Waals surface area contributed by atoms with Crippen LogP contribution in [0.5, 0.6) is 0 Å². The van der Waals surface area contributed by atoms with Gasteiger partial charge in [0.25, 0.3) is 0 Å². The van der Waals surface area contributed by atoms with Crippen LogP contribution in [0.1, 0.15) is 46.9 Å². The van der Waals surface area contributed by atoms with E-state index in [1.165, 1.54) is 0 Å². The lowest BCUT2D eigenvalue weighted by Crippen LogP contribution is -2.43. The molecule has 0 aliphatic rings. The predicted molar refractivity (Wildman–Crippen MR) is 103 cm³/mol. The van der Waals surface area contributed by atoms with Gasteiger partial charge < -0.3 is 15.2 Å². The fourth-order valence-corrected chi connectivity index (χ4v) is 1.80. The number of hydrogen-bond acceptors (Lipinski definition) is 3. The topological polar surface area (TPSA) is 67.1 Å². The standard InChI is InChI=1S/C15H30N6.HI/c1-6-13(5)19-15(17-10-12(3)4)16-8-9-21-11-18-20-14(21)7-2;/h11-13H,6-10H2,1-5H3,(H2,16,17,19);1H. The summed E-state index contributed by atoms with van der Waals surface area (Å²) in [5.74, 6) is 2.47. The summed E-state index contributed by atoms with van der Waals surface area (Å²) in [4.78, 5) is 4.63. The highest BCUT2D eigenvalue weighted by molar-refractivity contribution is 14.0. The molecule has 0 aromatic carbocycles. The average molecular weight is 422 g/mol. The van der Waals surface area contributed by atoms with Gasteiger partial charge in [-0.2, -0.15) is 0 Å². The van der Waals surface area contributed by atoms with Crippen LogP contribution in [0.3, 0.4) is 0 Å². The first-order valence-corrected chi connectivity index (χ1v) is 7.98. The van der Waals surface area contributed by atoms with Crippen LogP contribution in [-0.2, 0) is 13.0 Å². The van der Waals surface area contributed by atoms with Crippen molar-refractivity contribution in [1.82, 2.24) is 25.4 Å². The van der Waals surface area contributed by atoms with Gasteiger partial charge in [-0.05, 0) is 19.3 Å². The lowest BCUT2D eigenvalue weighted by atomic mass is 10.2. The van der Waals surface area contributed by atoms with Gasteiger partial charge in [-0.15, -0.1) is 34.2 Å². The van der Waals surface area contributed by atoms with Crippen molar-refractivity contribution in [2.24, 2.45) is 10.9 Å². The third kappa shape index (κ3) is 7.95. The minimum absolute atomic E-state index is 0. The normalized spacial score (nSPS) is 12.9. The number of hydrogen-bond donors (Lipinski definition) is 2. The van der Waals surface area contributed by atoms with Gasteiger partial charge in [0.15, 0.2) is 5.96 Å². The van der Waals surface area contributed by atoms with Crippen LogP contribution in [0, 0.1) is 5.92 Å². The Morgan fingerprint density at radius 3 is 2.64 bits per heavy atom. The predicted octanol–water partition coefficient (Wildman–Crippen LogP) is 2.45. The maximum absolute atomic E-state index is 4.63. The zero-order valence-electron chi connectivity index (χ0n) is 14.5. The Balaban J connectivity index is 0.00000441. The highest BCUT2D eigenvalue weighted by Crippen LogP contribution is 1.96. The summed E-state index contributed by atoms with van der Waals surface area (Å²) < 4.78 is 2.08. The van der Waals surface area contributed by atoms with Crippen molar-refractivity contribution in [3.05, 3.63) is 12.2 Å². The summed E-state index contributed by atoms with van der Waals surface area (Å²) in [5.41, 5.74) is 0. The van der Waals surface area contributed by atoms with Crippen molar-refractivity contribution in [3.63, 3.8) is 0 Å². The molecule has 1 aromatic rings. The number of rotatable bonds is 8. The molecule has 2 N–H and O–H groups in total. The highest BCUT2D eigenvalue weighted by atomic mass is 127. The van der Waals surface area contributed by atoms with Crippen molar-refractivity contribution in [2.45, 2.75) is 60.0 Å². The molecule has 6 nitrogen and oxygen atoms in total. The van der Waals surface area contributed by atoms with Gasteiger partial charge in [-0.1, -0.05) is 27.7 Å². The highest BCUT2D eigenvalue weighted by Gasteiger charge is 2.05. The van der Waals surface area contributed by atoms with Gasteiger partial charge in [0.1, 0.15) is 12.2 Å². The summed E-state index contributed by atoms with van der Waals surface area (Å²) in [6.07, 6.45) is 3.76. The minimum Gasteiger partial charge on any atom is -0.355 e. The molecule has 0 amide bonds. The SMILES string of the molecule is CCc1nncn1CCNC(=NCC(C)C)NC(C)CC.I. The number of halogens is 1. The van der Waals surface area contributed by atoms with Crippen LogP contribution in [-0.4, -0.2) is 39.9 Å². The molecule has 0 bridgehead atoms. The third-order valence-electron chi connectivity index (χ3n) is 3.27. The van der Waals surface area contributed by atoms with Crippen molar-refractivity contribution in [3.8, 4) is 0 Å². The minimum atomic E-state index is 0. The van der Waals surface area contributed by atoms with E-state index in [-0.39, 0.29) is 24.0 Å². The molecule has 22 heavy (non-hydrogen) atoms.